The van der Waals surface area contributed by atoms with Crippen LogP contribution in [0.1, 0.15) is 121 Å². The van der Waals surface area contributed by atoms with Crippen molar-refractivity contribution >= 4 is 46.9 Å². The number of carbonyl (C=O) groups excluding carboxylic acids is 1. The summed E-state index contributed by atoms with van der Waals surface area (Å²) in [4.78, 5) is 28.3. The maximum absolute atomic E-state index is 12.1. The number of carbonyl (C=O) groups is 2. The summed E-state index contributed by atoms with van der Waals surface area (Å²) >= 11 is 14.0. The van der Waals surface area contributed by atoms with E-state index in [1.807, 2.05) is 23.6 Å². The first-order chi connectivity index (χ1) is 20.2. The number of carboxylic acids is 1. The third-order valence-corrected chi connectivity index (χ3v) is 8.50. The van der Waals surface area contributed by atoms with Crippen molar-refractivity contribution in [2.45, 2.75) is 133 Å². The Hall–Kier alpha value is -1.74. The molecule has 42 heavy (non-hydrogen) atoms. The minimum atomic E-state index is -0.693. The number of ether oxygens (including phenoxy) is 2. The molecule has 2 rings (SSSR count). The van der Waals surface area contributed by atoms with Crippen LogP contribution in [0.4, 0.5) is 0 Å². The average Bonchev–Trinajstić information content (AvgIpc) is 3.22. The maximum Gasteiger partial charge on any atom is 0.305 e. The number of benzene rings is 1. The SMILES string of the molecule is Cc1nc(C(C)C)c(Sc2cc(Cl)cc(Cl)c2)n1COCCOC(=O)CCCCCCCCCCCCCCC(=O)O. The Balaban J connectivity index is 1.55. The fourth-order valence-corrected chi connectivity index (χ4v) is 6.59. The molecule has 0 spiro atoms. The fraction of sp³-hybridized carbons (Fsp3) is 0.656. The van der Waals surface area contributed by atoms with E-state index in [2.05, 4.69) is 13.8 Å². The minimum absolute atomic E-state index is 0.170. The molecule has 7 nitrogen and oxygen atoms in total. The smallest absolute Gasteiger partial charge is 0.305 e. The molecule has 10 heteroatoms. The molecule has 0 atom stereocenters. The molecule has 0 aliphatic heterocycles. The van der Waals surface area contributed by atoms with Gasteiger partial charge in [0.25, 0.3) is 0 Å². The minimum Gasteiger partial charge on any atom is -0.481 e. The van der Waals surface area contributed by atoms with Crippen molar-refractivity contribution in [2.75, 3.05) is 13.2 Å². The third kappa shape index (κ3) is 15.1. The molecule has 0 aliphatic carbocycles. The van der Waals surface area contributed by atoms with Crippen molar-refractivity contribution < 1.29 is 24.2 Å². The fourth-order valence-electron chi connectivity index (χ4n) is 4.66. The van der Waals surface area contributed by atoms with Crippen LogP contribution in [0.25, 0.3) is 0 Å². The summed E-state index contributed by atoms with van der Waals surface area (Å²) in [6.45, 7) is 7.04. The summed E-state index contributed by atoms with van der Waals surface area (Å²) in [6.07, 6.45) is 14.1. The van der Waals surface area contributed by atoms with Crippen LogP contribution in [0.2, 0.25) is 10.0 Å². The van der Waals surface area contributed by atoms with Gasteiger partial charge in [0.2, 0.25) is 0 Å². The van der Waals surface area contributed by atoms with Gasteiger partial charge in [0, 0.05) is 27.8 Å². The van der Waals surface area contributed by atoms with Gasteiger partial charge < -0.3 is 14.6 Å². The molecule has 0 saturated carbocycles. The van der Waals surface area contributed by atoms with E-state index in [9.17, 15) is 9.59 Å². The summed E-state index contributed by atoms with van der Waals surface area (Å²) in [5.41, 5.74) is 0.991. The number of hydrogen-bond acceptors (Lipinski definition) is 6. The number of imidazole rings is 1. The van der Waals surface area contributed by atoms with Gasteiger partial charge in [0.15, 0.2) is 0 Å². The Morgan fingerprint density at radius 3 is 1.90 bits per heavy atom. The van der Waals surface area contributed by atoms with Crippen molar-refractivity contribution in [2.24, 2.45) is 0 Å². The number of rotatable bonds is 23. The first-order valence-electron chi connectivity index (χ1n) is 15.3. The second kappa shape index (κ2) is 21.0. The lowest BCUT2D eigenvalue weighted by Crippen LogP contribution is -2.13. The van der Waals surface area contributed by atoms with Crippen molar-refractivity contribution in [3.05, 3.63) is 39.8 Å². The second-order valence-electron chi connectivity index (χ2n) is 11.0. The first-order valence-corrected chi connectivity index (χ1v) is 16.9. The largest absolute Gasteiger partial charge is 0.481 e. The lowest BCUT2D eigenvalue weighted by Gasteiger charge is -2.13. The predicted octanol–water partition coefficient (Wildman–Crippen LogP) is 9.84. The summed E-state index contributed by atoms with van der Waals surface area (Å²) in [6, 6.07) is 5.48. The number of nitrogens with zero attached hydrogens (tertiary/aromatic N) is 2. The molecule has 0 bridgehead atoms. The number of aliphatic carboxylic acids is 1. The molecular weight excluding hydrogens is 595 g/mol. The molecule has 0 radical (unpaired) electrons. The van der Waals surface area contributed by atoms with Crippen LogP contribution >= 0.6 is 35.0 Å². The molecule has 1 N–H and O–H groups in total. The number of unbranched alkanes of at least 4 members (excludes halogenated alkanes) is 11. The highest BCUT2D eigenvalue weighted by atomic mass is 35.5. The number of halogens is 2. The van der Waals surface area contributed by atoms with E-state index < -0.39 is 5.97 Å². The van der Waals surface area contributed by atoms with E-state index >= 15 is 0 Å². The summed E-state index contributed by atoms with van der Waals surface area (Å²) in [5.74, 6) is 0.233. The molecular formula is C32H48Cl2N2O5S. The van der Waals surface area contributed by atoms with Gasteiger partial charge in [-0.2, -0.15) is 0 Å². The number of aryl methyl sites for hydroxylation is 1. The zero-order valence-corrected chi connectivity index (χ0v) is 27.8. The Labute approximate surface area is 266 Å². The average molecular weight is 644 g/mol. The van der Waals surface area contributed by atoms with Crippen molar-refractivity contribution in [3.8, 4) is 0 Å². The van der Waals surface area contributed by atoms with E-state index in [-0.39, 0.29) is 18.5 Å². The predicted molar refractivity (Wildman–Crippen MR) is 171 cm³/mol. The molecule has 236 valence electrons. The lowest BCUT2D eigenvalue weighted by molar-refractivity contribution is -0.145. The molecule has 2 aromatic rings. The summed E-state index contributed by atoms with van der Waals surface area (Å²) < 4.78 is 13.3. The zero-order valence-electron chi connectivity index (χ0n) is 25.5. The molecule has 0 fully saturated rings. The number of esters is 1. The highest BCUT2D eigenvalue weighted by molar-refractivity contribution is 7.99. The third-order valence-electron chi connectivity index (χ3n) is 6.97. The van der Waals surface area contributed by atoms with Gasteiger partial charge in [-0.3, -0.25) is 14.2 Å². The Morgan fingerprint density at radius 1 is 0.857 bits per heavy atom. The summed E-state index contributed by atoms with van der Waals surface area (Å²) in [5, 5.41) is 10.8. The van der Waals surface area contributed by atoms with Crippen LogP contribution in [0.5, 0.6) is 0 Å². The van der Waals surface area contributed by atoms with Gasteiger partial charge in [-0.05, 0) is 43.9 Å². The van der Waals surface area contributed by atoms with Gasteiger partial charge in [-0.15, -0.1) is 0 Å². The Bertz CT molecular complexity index is 1070. The second-order valence-corrected chi connectivity index (χ2v) is 13.0. The van der Waals surface area contributed by atoms with Crippen LogP contribution in [0.3, 0.4) is 0 Å². The van der Waals surface area contributed by atoms with Crippen LogP contribution in [-0.4, -0.2) is 39.8 Å². The Kier molecular flexibility index (Phi) is 18.3. The lowest BCUT2D eigenvalue weighted by atomic mass is 10.0. The molecule has 1 aromatic carbocycles. The van der Waals surface area contributed by atoms with E-state index in [1.165, 1.54) is 38.5 Å². The monoisotopic (exact) mass is 642 g/mol. The van der Waals surface area contributed by atoms with Crippen molar-refractivity contribution in [1.82, 2.24) is 9.55 Å². The first kappa shape index (κ1) is 36.5. The van der Waals surface area contributed by atoms with E-state index in [0.29, 0.717) is 36.2 Å². The summed E-state index contributed by atoms with van der Waals surface area (Å²) in [7, 11) is 0. The van der Waals surface area contributed by atoms with Crippen molar-refractivity contribution in [1.29, 1.82) is 0 Å². The van der Waals surface area contributed by atoms with Crippen LogP contribution in [0.15, 0.2) is 28.1 Å². The molecule has 0 saturated heterocycles. The zero-order chi connectivity index (χ0) is 30.7. The van der Waals surface area contributed by atoms with Gasteiger partial charge in [0.1, 0.15) is 24.2 Å². The molecule has 0 amide bonds. The quantitative estimate of drug-likeness (QED) is 0.0952. The normalized spacial score (nSPS) is 11.4. The number of carboxylic acid groups (broad SMARTS) is 1. The van der Waals surface area contributed by atoms with Crippen LogP contribution in [0, 0.1) is 6.92 Å². The highest BCUT2D eigenvalue weighted by Crippen LogP contribution is 2.37. The highest BCUT2D eigenvalue weighted by Gasteiger charge is 2.19. The number of aromatic nitrogens is 2. The van der Waals surface area contributed by atoms with Crippen LogP contribution in [-0.2, 0) is 25.8 Å². The van der Waals surface area contributed by atoms with Gasteiger partial charge in [-0.25, -0.2) is 4.98 Å². The Morgan fingerprint density at radius 2 is 1.38 bits per heavy atom. The topological polar surface area (TPSA) is 90.7 Å². The van der Waals surface area contributed by atoms with Crippen LogP contribution < -0.4 is 0 Å². The van der Waals surface area contributed by atoms with Gasteiger partial charge >= 0.3 is 11.9 Å². The maximum atomic E-state index is 12.1. The standard InChI is InChI=1S/C32H48Cl2N2O5S/c1-24(2)31-32(42-28-21-26(33)20-27(34)22-28)36(25(3)35-31)23-40-18-19-41-30(39)17-15-13-11-9-7-5-4-6-8-10-12-14-16-29(37)38/h20-22,24H,4-19,23H2,1-3H3,(H,37,38). The molecule has 1 heterocycles. The number of hydrogen-bond donors (Lipinski definition) is 1. The molecule has 0 unspecified atom stereocenters. The molecule has 0 aliphatic rings. The van der Waals surface area contributed by atoms with E-state index in [1.54, 1.807) is 17.8 Å². The van der Waals surface area contributed by atoms with E-state index in [0.717, 1.165) is 60.0 Å². The molecule has 1 aromatic heterocycles. The van der Waals surface area contributed by atoms with Gasteiger partial charge in [0.05, 0.1) is 12.3 Å². The van der Waals surface area contributed by atoms with E-state index in [4.69, 9.17) is 42.8 Å². The van der Waals surface area contributed by atoms with Crippen molar-refractivity contribution in [3.63, 3.8) is 0 Å². The van der Waals surface area contributed by atoms with Gasteiger partial charge in [-0.1, -0.05) is 113 Å².